The van der Waals surface area contributed by atoms with E-state index in [1.54, 1.807) is 31.0 Å². The van der Waals surface area contributed by atoms with Crippen molar-refractivity contribution < 1.29 is 9.53 Å². The molecule has 0 unspecified atom stereocenters. The molecule has 88 valence electrons. The zero-order chi connectivity index (χ0) is 12.3. The van der Waals surface area contributed by atoms with Gasteiger partial charge in [0.25, 0.3) is 0 Å². The van der Waals surface area contributed by atoms with Crippen molar-refractivity contribution in [3.8, 4) is 5.75 Å². The molecule has 0 aliphatic heterocycles. The molecule has 1 heterocycles. The molecular formula is C13H14N2O2. The number of aromatic nitrogens is 2. The summed E-state index contributed by atoms with van der Waals surface area (Å²) in [5, 5.41) is 4.14. The van der Waals surface area contributed by atoms with Crippen LogP contribution in [-0.2, 0) is 6.54 Å². The maximum Gasteiger partial charge on any atom is 0.159 e. The summed E-state index contributed by atoms with van der Waals surface area (Å²) in [4.78, 5) is 11.3. The molecule has 1 aromatic heterocycles. The molecule has 0 atom stereocenters. The van der Waals surface area contributed by atoms with Gasteiger partial charge in [-0.15, -0.1) is 0 Å². The Bertz CT molecular complexity index is 518. The Labute approximate surface area is 99.8 Å². The van der Waals surface area contributed by atoms with Crippen LogP contribution in [0, 0.1) is 0 Å². The second-order valence-electron chi connectivity index (χ2n) is 3.79. The second-order valence-corrected chi connectivity index (χ2v) is 3.79. The fraction of sp³-hybridized carbons (Fsp3) is 0.231. The molecule has 0 spiro atoms. The molecule has 4 heteroatoms. The topological polar surface area (TPSA) is 44.1 Å². The molecule has 0 fully saturated rings. The van der Waals surface area contributed by atoms with Crippen LogP contribution >= 0.6 is 0 Å². The summed E-state index contributed by atoms with van der Waals surface area (Å²) in [6.45, 7) is 2.15. The van der Waals surface area contributed by atoms with Gasteiger partial charge in [-0.1, -0.05) is 0 Å². The lowest BCUT2D eigenvalue weighted by atomic mass is 10.1. The molecule has 17 heavy (non-hydrogen) atoms. The molecule has 0 aliphatic carbocycles. The normalized spacial score (nSPS) is 10.2. The van der Waals surface area contributed by atoms with Gasteiger partial charge in [0.05, 0.1) is 13.7 Å². The maximum absolute atomic E-state index is 11.3. The molecule has 0 amide bonds. The smallest absolute Gasteiger partial charge is 0.159 e. The summed E-state index contributed by atoms with van der Waals surface area (Å²) in [5.41, 5.74) is 1.64. The van der Waals surface area contributed by atoms with Gasteiger partial charge in [-0.2, -0.15) is 5.10 Å². The number of carbonyl (C=O) groups excluding carboxylic acids is 1. The van der Waals surface area contributed by atoms with Crippen LogP contribution < -0.4 is 4.74 Å². The monoisotopic (exact) mass is 230 g/mol. The number of methoxy groups -OCH3 is 1. The average Bonchev–Trinajstić information content (AvgIpc) is 2.81. The van der Waals surface area contributed by atoms with E-state index >= 15 is 0 Å². The standard InChI is InChI=1S/C13H14N2O2/c1-10(16)11-4-5-13(17-2)12(8-11)9-15-7-3-6-14-15/h3-8H,9H2,1-2H3. The van der Waals surface area contributed by atoms with Crippen molar-refractivity contribution in [2.75, 3.05) is 7.11 Å². The van der Waals surface area contributed by atoms with Crippen LogP contribution in [0.4, 0.5) is 0 Å². The molecule has 0 saturated heterocycles. The summed E-state index contributed by atoms with van der Waals surface area (Å²) in [5.74, 6) is 0.819. The minimum atomic E-state index is 0.0503. The number of Topliss-reactive ketones (excluding diaryl/α,β-unsaturated/α-hetero) is 1. The molecule has 0 N–H and O–H groups in total. The van der Waals surface area contributed by atoms with Gasteiger partial charge < -0.3 is 4.74 Å². The molecular weight excluding hydrogens is 216 g/mol. The van der Waals surface area contributed by atoms with Gasteiger partial charge in [-0.25, -0.2) is 0 Å². The number of ketones is 1. The highest BCUT2D eigenvalue weighted by molar-refractivity contribution is 5.94. The first kappa shape index (κ1) is 11.4. The lowest BCUT2D eigenvalue weighted by molar-refractivity contribution is 0.101. The SMILES string of the molecule is COc1ccc(C(C)=O)cc1Cn1cccn1. The average molecular weight is 230 g/mol. The van der Waals surface area contributed by atoms with Crippen molar-refractivity contribution in [1.82, 2.24) is 9.78 Å². The molecule has 0 bridgehead atoms. The minimum absolute atomic E-state index is 0.0503. The summed E-state index contributed by atoms with van der Waals surface area (Å²) in [6.07, 6.45) is 3.60. The van der Waals surface area contributed by atoms with E-state index in [9.17, 15) is 4.79 Å². The van der Waals surface area contributed by atoms with E-state index in [4.69, 9.17) is 4.74 Å². The van der Waals surface area contributed by atoms with Crippen LogP contribution in [-0.4, -0.2) is 22.7 Å². The van der Waals surface area contributed by atoms with Crippen LogP contribution in [0.3, 0.4) is 0 Å². The van der Waals surface area contributed by atoms with Crippen molar-refractivity contribution in [2.45, 2.75) is 13.5 Å². The van der Waals surface area contributed by atoms with E-state index in [-0.39, 0.29) is 5.78 Å². The van der Waals surface area contributed by atoms with Gasteiger partial charge in [0.15, 0.2) is 5.78 Å². The summed E-state index contributed by atoms with van der Waals surface area (Å²) < 4.78 is 7.07. The molecule has 4 nitrogen and oxygen atoms in total. The van der Waals surface area contributed by atoms with Gasteiger partial charge in [-0.3, -0.25) is 9.48 Å². The van der Waals surface area contributed by atoms with Crippen molar-refractivity contribution in [2.24, 2.45) is 0 Å². The number of hydrogen-bond donors (Lipinski definition) is 0. The molecule has 2 rings (SSSR count). The van der Waals surface area contributed by atoms with E-state index in [1.165, 1.54) is 0 Å². The lowest BCUT2D eigenvalue weighted by Crippen LogP contribution is -2.04. The Hall–Kier alpha value is -2.10. The van der Waals surface area contributed by atoms with Crippen molar-refractivity contribution >= 4 is 5.78 Å². The van der Waals surface area contributed by atoms with Gasteiger partial charge in [0, 0.05) is 23.5 Å². The first-order chi connectivity index (χ1) is 8.20. The maximum atomic E-state index is 11.3. The molecule has 2 aromatic rings. The molecule has 1 aromatic carbocycles. The Morgan fingerprint density at radius 3 is 2.88 bits per heavy atom. The van der Waals surface area contributed by atoms with Crippen LogP contribution in [0.1, 0.15) is 22.8 Å². The highest BCUT2D eigenvalue weighted by Crippen LogP contribution is 2.21. The van der Waals surface area contributed by atoms with E-state index in [1.807, 2.05) is 24.4 Å². The second kappa shape index (κ2) is 4.82. The van der Waals surface area contributed by atoms with Gasteiger partial charge in [0.2, 0.25) is 0 Å². The highest BCUT2D eigenvalue weighted by Gasteiger charge is 2.07. The number of ether oxygens (including phenoxy) is 1. The third-order valence-electron chi connectivity index (χ3n) is 2.58. The fourth-order valence-electron chi connectivity index (χ4n) is 1.69. The van der Waals surface area contributed by atoms with E-state index in [0.717, 1.165) is 11.3 Å². The van der Waals surface area contributed by atoms with Gasteiger partial charge in [0.1, 0.15) is 5.75 Å². The molecule has 0 radical (unpaired) electrons. The van der Waals surface area contributed by atoms with Crippen LogP contribution in [0.5, 0.6) is 5.75 Å². The number of carbonyl (C=O) groups is 1. The third-order valence-corrected chi connectivity index (χ3v) is 2.58. The van der Waals surface area contributed by atoms with Crippen LogP contribution in [0.25, 0.3) is 0 Å². The summed E-state index contributed by atoms with van der Waals surface area (Å²) in [7, 11) is 1.62. The predicted molar refractivity (Wildman–Crippen MR) is 64.3 cm³/mol. The third kappa shape index (κ3) is 2.53. The first-order valence-electron chi connectivity index (χ1n) is 5.36. The van der Waals surface area contributed by atoms with Crippen molar-refractivity contribution in [1.29, 1.82) is 0 Å². The fourth-order valence-corrected chi connectivity index (χ4v) is 1.69. The van der Waals surface area contributed by atoms with E-state index in [2.05, 4.69) is 5.10 Å². The van der Waals surface area contributed by atoms with E-state index < -0.39 is 0 Å². The van der Waals surface area contributed by atoms with Gasteiger partial charge in [-0.05, 0) is 31.2 Å². The van der Waals surface area contributed by atoms with Crippen molar-refractivity contribution in [3.05, 3.63) is 47.8 Å². The minimum Gasteiger partial charge on any atom is -0.496 e. The Balaban J connectivity index is 2.35. The number of nitrogens with zero attached hydrogens (tertiary/aromatic N) is 2. The van der Waals surface area contributed by atoms with E-state index in [0.29, 0.717) is 12.1 Å². The largest absolute Gasteiger partial charge is 0.496 e. The predicted octanol–water partition coefficient (Wildman–Crippen LogP) is 2.14. The number of rotatable bonds is 4. The van der Waals surface area contributed by atoms with Crippen LogP contribution in [0.2, 0.25) is 0 Å². The lowest BCUT2D eigenvalue weighted by Gasteiger charge is -2.09. The molecule has 0 aliphatic rings. The zero-order valence-corrected chi connectivity index (χ0v) is 9.88. The summed E-state index contributed by atoms with van der Waals surface area (Å²) >= 11 is 0. The highest BCUT2D eigenvalue weighted by atomic mass is 16.5. The van der Waals surface area contributed by atoms with Crippen LogP contribution in [0.15, 0.2) is 36.7 Å². The quantitative estimate of drug-likeness (QED) is 0.756. The molecule has 0 saturated carbocycles. The first-order valence-corrected chi connectivity index (χ1v) is 5.36. The number of benzene rings is 1. The van der Waals surface area contributed by atoms with Gasteiger partial charge >= 0.3 is 0 Å². The summed E-state index contributed by atoms with van der Waals surface area (Å²) in [6, 6.07) is 7.30. The van der Waals surface area contributed by atoms with Crippen molar-refractivity contribution in [3.63, 3.8) is 0 Å². The number of hydrogen-bond acceptors (Lipinski definition) is 3. The Morgan fingerprint density at radius 2 is 2.29 bits per heavy atom. The zero-order valence-electron chi connectivity index (χ0n) is 9.88. The Morgan fingerprint density at radius 1 is 1.47 bits per heavy atom. The Kier molecular flexibility index (Phi) is 3.23.